The van der Waals surface area contributed by atoms with Crippen LogP contribution in [0.1, 0.15) is 35.6 Å². The van der Waals surface area contributed by atoms with E-state index in [2.05, 4.69) is 6.26 Å². The van der Waals surface area contributed by atoms with Gasteiger partial charge in [0.1, 0.15) is 11.5 Å². The van der Waals surface area contributed by atoms with Gasteiger partial charge >= 0.3 is 0 Å². The Labute approximate surface area is 162 Å². The number of fused-ring (bicyclic) bond motifs is 3. The quantitative estimate of drug-likeness (QED) is 0.802. The van der Waals surface area contributed by atoms with Crippen molar-refractivity contribution in [3.8, 4) is 11.5 Å². The minimum Gasteiger partial charge on any atom is -0.507 e. The van der Waals surface area contributed by atoms with Crippen LogP contribution in [0, 0.1) is 6.92 Å². The van der Waals surface area contributed by atoms with E-state index in [1.54, 1.807) is 17.8 Å². The van der Waals surface area contributed by atoms with Crippen molar-refractivity contribution < 1.29 is 9.84 Å². The Hall–Kier alpha value is -1.85. The van der Waals surface area contributed by atoms with Crippen LogP contribution in [0.4, 0.5) is 0 Å². The highest BCUT2D eigenvalue weighted by molar-refractivity contribution is 7.98. The number of ether oxygens (including phenoxy) is 1. The normalized spacial score (nSPS) is 21.0. The number of thioether (sulfide) groups is 1. The summed E-state index contributed by atoms with van der Waals surface area (Å²) in [4.78, 5) is 0. The minimum atomic E-state index is -0.106. The largest absolute Gasteiger partial charge is 0.507 e. The number of phenols is 1. The van der Waals surface area contributed by atoms with E-state index in [9.17, 15) is 5.11 Å². The van der Waals surface area contributed by atoms with Crippen molar-refractivity contribution in [1.29, 1.82) is 0 Å². The second kappa shape index (κ2) is 7.05. The van der Waals surface area contributed by atoms with Crippen LogP contribution in [-0.4, -0.2) is 34.1 Å². The molecule has 0 spiro atoms. The second-order valence-corrected chi connectivity index (χ2v) is 8.13. The Balaban J connectivity index is 1.74. The van der Waals surface area contributed by atoms with Crippen molar-refractivity contribution in [2.24, 2.45) is 5.10 Å². The zero-order chi connectivity index (χ0) is 18.3. The number of rotatable bonds is 4. The standard InChI is InChI=1S/C20H21ClN2O2S/c1-12-3-5-18(24)14(9-12)16-11-17-15-10-13(21)4-6-19(15)25-20(7-8-26-2)23(17)22-16/h3-6,9-10,17,20,24H,7-8,11H2,1-2H3/t17-,20-/m0/s1. The molecule has 2 aromatic carbocycles. The van der Waals surface area contributed by atoms with Gasteiger partial charge in [0.05, 0.1) is 11.8 Å². The molecule has 0 radical (unpaired) electrons. The summed E-state index contributed by atoms with van der Waals surface area (Å²) in [6.07, 6.45) is 3.60. The molecule has 2 atom stereocenters. The lowest BCUT2D eigenvalue weighted by molar-refractivity contribution is -0.0180. The summed E-state index contributed by atoms with van der Waals surface area (Å²) in [5, 5.41) is 17.9. The number of halogens is 1. The first-order valence-corrected chi connectivity index (χ1v) is 10.4. The predicted molar refractivity (Wildman–Crippen MR) is 107 cm³/mol. The molecule has 6 heteroatoms. The van der Waals surface area contributed by atoms with Gasteiger partial charge < -0.3 is 9.84 Å². The maximum atomic E-state index is 10.3. The van der Waals surface area contributed by atoms with Gasteiger partial charge in [0.25, 0.3) is 0 Å². The molecular weight excluding hydrogens is 368 g/mol. The van der Waals surface area contributed by atoms with E-state index in [4.69, 9.17) is 21.4 Å². The third kappa shape index (κ3) is 3.14. The predicted octanol–water partition coefficient (Wildman–Crippen LogP) is 4.98. The summed E-state index contributed by atoms with van der Waals surface area (Å²) in [5.74, 6) is 2.14. The molecular formula is C20H21ClN2O2S. The molecule has 2 aliphatic rings. The average Bonchev–Trinajstić information content (AvgIpc) is 3.07. The molecule has 2 heterocycles. The smallest absolute Gasteiger partial charge is 0.188 e. The number of hydrogen-bond acceptors (Lipinski definition) is 5. The molecule has 4 nitrogen and oxygen atoms in total. The molecule has 0 aliphatic carbocycles. The van der Waals surface area contributed by atoms with Crippen molar-refractivity contribution in [3.63, 3.8) is 0 Å². The van der Waals surface area contributed by atoms with Gasteiger partial charge in [0, 0.05) is 29.0 Å². The van der Waals surface area contributed by atoms with Gasteiger partial charge in [-0.25, -0.2) is 0 Å². The minimum absolute atomic E-state index is 0.0826. The molecule has 0 amide bonds. The van der Waals surface area contributed by atoms with Gasteiger partial charge in [-0.1, -0.05) is 23.2 Å². The maximum Gasteiger partial charge on any atom is 0.188 e. The third-order valence-electron chi connectivity index (χ3n) is 4.86. The van der Waals surface area contributed by atoms with Gasteiger partial charge in [-0.2, -0.15) is 16.9 Å². The maximum absolute atomic E-state index is 10.3. The molecule has 0 aromatic heterocycles. The highest BCUT2D eigenvalue weighted by Gasteiger charge is 2.40. The molecule has 2 aromatic rings. The van der Waals surface area contributed by atoms with Gasteiger partial charge in [0.2, 0.25) is 0 Å². The van der Waals surface area contributed by atoms with Crippen molar-refractivity contribution in [1.82, 2.24) is 5.01 Å². The van der Waals surface area contributed by atoms with E-state index >= 15 is 0 Å². The van der Waals surface area contributed by atoms with Crippen LogP contribution < -0.4 is 4.74 Å². The number of benzene rings is 2. The summed E-state index contributed by atoms with van der Waals surface area (Å²) in [6.45, 7) is 2.02. The van der Waals surface area contributed by atoms with Gasteiger partial charge in [-0.15, -0.1) is 0 Å². The van der Waals surface area contributed by atoms with Crippen LogP contribution in [0.25, 0.3) is 0 Å². The fourth-order valence-corrected chi connectivity index (χ4v) is 4.20. The molecule has 0 fully saturated rings. The van der Waals surface area contributed by atoms with Gasteiger partial charge in [-0.3, -0.25) is 5.01 Å². The third-order valence-corrected chi connectivity index (χ3v) is 5.74. The summed E-state index contributed by atoms with van der Waals surface area (Å²) >= 11 is 8.03. The second-order valence-electron chi connectivity index (χ2n) is 6.70. The SMILES string of the molecule is CSCC[C@@H]1Oc2ccc(Cl)cc2[C@@H]2CC(c3cc(C)ccc3O)=NN12. The molecule has 0 unspecified atom stereocenters. The van der Waals surface area contributed by atoms with Crippen LogP contribution in [0.2, 0.25) is 5.02 Å². The van der Waals surface area contributed by atoms with E-state index in [1.165, 1.54) is 0 Å². The Morgan fingerprint density at radius 1 is 1.31 bits per heavy atom. The number of aromatic hydroxyl groups is 1. The number of hydrazone groups is 1. The molecule has 0 saturated heterocycles. The fourth-order valence-electron chi connectivity index (χ4n) is 3.59. The number of aryl methyl sites for hydroxylation is 1. The van der Waals surface area contributed by atoms with E-state index in [-0.39, 0.29) is 18.0 Å². The zero-order valence-corrected chi connectivity index (χ0v) is 16.3. The molecule has 1 N–H and O–H groups in total. The van der Waals surface area contributed by atoms with Crippen LogP contribution in [0.5, 0.6) is 11.5 Å². The zero-order valence-electron chi connectivity index (χ0n) is 14.8. The van der Waals surface area contributed by atoms with Gasteiger partial charge in [-0.05, 0) is 49.3 Å². The van der Waals surface area contributed by atoms with Crippen LogP contribution in [-0.2, 0) is 0 Å². The number of nitrogens with zero attached hydrogens (tertiary/aromatic N) is 2. The topological polar surface area (TPSA) is 45.1 Å². The van der Waals surface area contributed by atoms with E-state index < -0.39 is 0 Å². The van der Waals surface area contributed by atoms with Crippen LogP contribution in [0.15, 0.2) is 41.5 Å². The monoisotopic (exact) mass is 388 g/mol. The van der Waals surface area contributed by atoms with Crippen LogP contribution in [0.3, 0.4) is 0 Å². The lowest BCUT2D eigenvalue weighted by Crippen LogP contribution is -2.40. The number of phenolic OH excluding ortho intramolecular Hbond substituents is 1. The van der Waals surface area contributed by atoms with Crippen molar-refractivity contribution in [2.75, 3.05) is 12.0 Å². The first-order valence-electron chi connectivity index (χ1n) is 8.67. The fraction of sp³-hybridized carbons (Fsp3) is 0.350. The highest BCUT2D eigenvalue weighted by Crippen LogP contribution is 2.45. The lowest BCUT2D eigenvalue weighted by atomic mass is 9.95. The number of hydrogen-bond donors (Lipinski definition) is 1. The Bertz CT molecular complexity index is 871. The van der Waals surface area contributed by atoms with Crippen molar-refractivity contribution in [2.45, 2.75) is 32.0 Å². The Morgan fingerprint density at radius 3 is 2.96 bits per heavy atom. The molecule has 0 saturated carbocycles. The molecule has 2 aliphatic heterocycles. The molecule has 136 valence electrons. The van der Waals surface area contributed by atoms with E-state index in [0.29, 0.717) is 5.02 Å². The lowest BCUT2D eigenvalue weighted by Gasteiger charge is -2.38. The van der Waals surface area contributed by atoms with E-state index in [0.717, 1.165) is 46.7 Å². The average molecular weight is 389 g/mol. The summed E-state index contributed by atoms with van der Waals surface area (Å²) < 4.78 is 6.23. The molecule has 0 bridgehead atoms. The Kier molecular flexibility index (Phi) is 4.76. The summed E-state index contributed by atoms with van der Waals surface area (Å²) in [6, 6.07) is 11.5. The molecule has 4 rings (SSSR count). The highest BCUT2D eigenvalue weighted by atomic mass is 35.5. The van der Waals surface area contributed by atoms with Crippen molar-refractivity contribution in [3.05, 3.63) is 58.1 Å². The van der Waals surface area contributed by atoms with Gasteiger partial charge in [0.15, 0.2) is 6.23 Å². The molecule has 26 heavy (non-hydrogen) atoms. The summed E-state index contributed by atoms with van der Waals surface area (Å²) in [7, 11) is 0. The van der Waals surface area contributed by atoms with Crippen LogP contribution >= 0.6 is 23.4 Å². The van der Waals surface area contributed by atoms with Crippen molar-refractivity contribution >= 4 is 29.1 Å². The first kappa shape index (κ1) is 17.6. The van der Waals surface area contributed by atoms with E-state index in [1.807, 2.05) is 42.3 Å². The first-order chi connectivity index (χ1) is 12.6. The summed E-state index contributed by atoms with van der Waals surface area (Å²) in [5.41, 5.74) is 3.85. The Morgan fingerprint density at radius 2 is 2.15 bits per heavy atom.